The average molecular weight is 236 g/mol. The molecular weight excluding hydrogens is 220 g/mol. The van der Waals surface area contributed by atoms with Crippen molar-refractivity contribution in [3.05, 3.63) is 16.9 Å². The van der Waals surface area contributed by atoms with Crippen molar-refractivity contribution in [3.8, 4) is 11.3 Å². The molecule has 86 valence electrons. The Kier molecular flexibility index (Phi) is 2.71. The van der Waals surface area contributed by atoms with Crippen molar-refractivity contribution in [2.24, 2.45) is 7.05 Å². The van der Waals surface area contributed by atoms with Crippen LogP contribution in [0.5, 0.6) is 0 Å². The van der Waals surface area contributed by atoms with Crippen LogP contribution in [0.4, 0.5) is 5.00 Å². The minimum Gasteiger partial charge on any atom is -0.389 e. The first-order valence-corrected chi connectivity index (χ1v) is 6.07. The lowest BCUT2D eigenvalue weighted by Crippen LogP contribution is -1.93. The fourth-order valence-corrected chi connectivity index (χ4v) is 2.37. The van der Waals surface area contributed by atoms with E-state index in [0.717, 1.165) is 27.0 Å². The maximum Gasteiger partial charge on any atom is 0.114 e. The Balaban J connectivity index is 2.52. The second-order valence-electron chi connectivity index (χ2n) is 4.19. The van der Waals surface area contributed by atoms with Gasteiger partial charge in [0.05, 0.1) is 11.2 Å². The highest BCUT2D eigenvalue weighted by molar-refractivity contribution is 7.16. The normalized spacial score (nSPS) is 11.3. The van der Waals surface area contributed by atoms with E-state index in [0.29, 0.717) is 5.92 Å². The van der Waals surface area contributed by atoms with Crippen LogP contribution in [0, 0.1) is 6.92 Å². The lowest BCUT2D eigenvalue weighted by molar-refractivity contribution is 0.740. The summed E-state index contributed by atoms with van der Waals surface area (Å²) < 4.78 is 1.84. The van der Waals surface area contributed by atoms with E-state index in [-0.39, 0.29) is 0 Å². The van der Waals surface area contributed by atoms with Crippen LogP contribution < -0.4 is 5.73 Å². The molecule has 0 spiro atoms. The van der Waals surface area contributed by atoms with E-state index < -0.39 is 0 Å². The van der Waals surface area contributed by atoms with Gasteiger partial charge in [0.25, 0.3) is 0 Å². The van der Waals surface area contributed by atoms with Crippen molar-refractivity contribution in [2.45, 2.75) is 26.7 Å². The zero-order chi connectivity index (χ0) is 11.9. The Morgan fingerprint density at radius 2 is 2.12 bits per heavy atom. The summed E-state index contributed by atoms with van der Waals surface area (Å²) in [6, 6.07) is 0. The van der Waals surface area contributed by atoms with Gasteiger partial charge >= 0.3 is 0 Å². The first-order chi connectivity index (χ1) is 7.50. The fourth-order valence-electron chi connectivity index (χ4n) is 1.52. The second-order valence-corrected chi connectivity index (χ2v) is 5.25. The minimum atomic E-state index is 0.415. The number of nitrogens with zero attached hydrogens (tertiary/aromatic N) is 3. The third-order valence-electron chi connectivity index (χ3n) is 2.65. The summed E-state index contributed by atoms with van der Waals surface area (Å²) in [5.41, 5.74) is 9.00. The Morgan fingerprint density at radius 3 is 2.56 bits per heavy atom. The number of nitrogens with two attached hydrogens (primary N) is 1. The Morgan fingerprint density at radius 1 is 1.44 bits per heavy atom. The number of aryl methyl sites for hydroxylation is 1. The predicted molar refractivity (Wildman–Crippen MR) is 67.6 cm³/mol. The molecule has 2 N–H and O–H groups in total. The molecule has 0 saturated carbocycles. The standard InChI is InChI=1S/C11H16N4S/c1-6(2)11-14-9(10(12)16-11)8-5-13-15(4)7(8)3/h5-6H,12H2,1-4H3. The number of hydrogen-bond acceptors (Lipinski definition) is 4. The summed E-state index contributed by atoms with van der Waals surface area (Å²) in [5, 5.41) is 6.07. The van der Waals surface area contributed by atoms with Gasteiger partial charge in [-0.25, -0.2) is 4.98 Å². The molecule has 2 aromatic rings. The van der Waals surface area contributed by atoms with Gasteiger partial charge in [0.15, 0.2) is 0 Å². The molecule has 0 bridgehead atoms. The lowest BCUT2D eigenvalue weighted by atomic mass is 10.2. The summed E-state index contributed by atoms with van der Waals surface area (Å²) in [5.74, 6) is 0.415. The van der Waals surface area contributed by atoms with Crippen LogP contribution in [0.1, 0.15) is 30.5 Å². The Bertz CT molecular complexity index is 510. The molecule has 0 amide bonds. The lowest BCUT2D eigenvalue weighted by Gasteiger charge is -1.98. The topological polar surface area (TPSA) is 56.7 Å². The highest BCUT2D eigenvalue weighted by atomic mass is 32.1. The van der Waals surface area contributed by atoms with Gasteiger partial charge in [0, 0.05) is 24.2 Å². The molecule has 0 aliphatic rings. The third-order valence-corrected chi connectivity index (χ3v) is 3.84. The molecule has 0 unspecified atom stereocenters. The number of hydrogen-bond donors (Lipinski definition) is 1. The van der Waals surface area contributed by atoms with E-state index in [2.05, 4.69) is 23.9 Å². The van der Waals surface area contributed by atoms with Gasteiger partial charge < -0.3 is 5.73 Å². The van der Waals surface area contributed by atoms with Crippen molar-refractivity contribution >= 4 is 16.3 Å². The van der Waals surface area contributed by atoms with Crippen molar-refractivity contribution < 1.29 is 0 Å². The van der Waals surface area contributed by atoms with Gasteiger partial charge in [0.2, 0.25) is 0 Å². The molecule has 0 radical (unpaired) electrons. The average Bonchev–Trinajstić information content (AvgIpc) is 2.73. The molecule has 0 aliphatic heterocycles. The molecule has 2 aromatic heterocycles. The minimum absolute atomic E-state index is 0.415. The fraction of sp³-hybridized carbons (Fsp3) is 0.455. The van der Waals surface area contributed by atoms with Crippen LogP contribution in [-0.2, 0) is 7.05 Å². The monoisotopic (exact) mass is 236 g/mol. The Hall–Kier alpha value is -1.36. The van der Waals surface area contributed by atoms with Crippen LogP contribution in [0.15, 0.2) is 6.20 Å². The van der Waals surface area contributed by atoms with Gasteiger partial charge in [0.1, 0.15) is 10.7 Å². The summed E-state index contributed by atoms with van der Waals surface area (Å²) in [4.78, 5) is 4.59. The molecule has 0 aromatic carbocycles. The largest absolute Gasteiger partial charge is 0.389 e. The van der Waals surface area contributed by atoms with Crippen molar-refractivity contribution in [3.63, 3.8) is 0 Å². The van der Waals surface area contributed by atoms with E-state index in [1.807, 2.05) is 24.9 Å². The van der Waals surface area contributed by atoms with Crippen LogP contribution in [-0.4, -0.2) is 14.8 Å². The zero-order valence-electron chi connectivity index (χ0n) is 9.98. The predicted octanol–water partition coefficient (Wildman–Crippen LogP) is 2.56. The van der Waals surface area contributed by atoms with E-state index >= 15 is 0 Å². The van der Waals surface area contributed by atoms with Crippen LogP contribution in [0.3, 0.4) is 0 Å². The number of rotatable bonds is 2. The molecule has 0 fully saturated rings. The quantitative estimate of drug-likeness (QED) is 0.871. The molecule has 0 saturated heterocycles. The highest BCUT2D eigenvalue weighted by Gasteiger charge is 2.16. The highest BCUT2D eigenvalue weighted by Crippen LogP contribution is 2.34. The Labute approximate surface area is 99.1 Å². The number of aromatic nitrogens is 3. The summed E-state index contributed by atoms with van der Waals surface area (Å²) in [6.07, 6.45) is 1.82. The maximum atomic E-state index is 6.01. The van der Waals surface area contributed by atoms with Crippen LogP contribution in [0.2, 0.25) is 0 Å². The van der Waals surface area contributed by atoms with Crippen molar-refractivity contribution in [1.29, 1.82) is 0 Å². The van der Waals surface area contributed by atoms with Gasteiger partial charge in [-0.2, -0.15) is 5.10 Å². The smallest absolute Gasteiger partial charge is 0.114 e. The first kappa shape index (κ1) is 11.1. The van der Waals surface area contributed by atoms with Crippen LogP contribution in [0.25, 0.3) is 11.3 Å². The van der Waals surface area contributed by atoms with Crippen molar-refractivity contribution in [1.82, 2.24) is 14.8 Å². The molecule has 5 heteroatoms. The molecular formula is C11H16N4S. The summed E-state index contributed by atoms with van der Waals surface area (Å²) >= 11 is 1.56. The van der Waals surface area contributed by atoms with E-state index in [1.165, 1.54) is 0 Å². The molecule has 0 aliphatic carbocycles. The number of anilines is 1. The van der Waals surface area contributed by atoms with E-state index in [4.69, 9.17) is 5.73 Å². The maximum absolute atomic E-state index is 6.01. The van der Waals surface area contributed by atoms with Gasteiger partial charge in [-0.3, -0.25) is 4.68 Å². The van der Waals surface area contributed by atoms with Crippen LogP contribution >= 0.6 is 11.3 Å². The van der Waals surface area contributed by atoms with Gasteiger partial charge in [-0.05, 0) is 6.92 Å². The molecule has 0 atom stereocenters. The van der Waals surface area contributed by atoms with Gasteiger partial charge in [-0.1, -0.05) is 13.8 Å². The van der Waals surface area contributed by atoms with Gasteiger partial charge in [-0.15, -0.1) is 11.3 Å². The summed E-state index contributed by atoms with van der Waals surface area (Å²) in [7, 11) is 1.92. The molecule has 2 heterocycles. The van der Waals surface area contributed by atoms with E-state index in [9.17, 15) is 0 Å². The van der Waals surface area contributed by atoms with Crippen molar-refractivity contribution in [2.75, 3.05) is 5.73 Å². The second kappa shape index (κ2) is 3.90. The zero-order valence-corrected chi connectivity index (χ0v) is 10.8. The third kappa shape index (κ3) is 1.71. The summed E-state index contributed by atoms with van der Waals surface area (Å²) in [6.45, 7) is 6.27. The molecule has 4 nitrogen and oxygen atoms in total. The number of thiazole rings is 1. The van der Waals surface area contributed by atoms with E-state index in [1.54, 1.807) is 11.3 Å². The number of nitrogen functional groups attached to an aromatic ring is 1. The first-order valence-electron chi connectivity index (χ1n) is 5.26. The SMILES string of the molecule is Cc1c(-c2nc(C(C)C)sc2N)cnn1C. The molecule has 2 rings (SSSR count). The molecule has 16 heavy (non-hydrogen) atoms.